The van der Waals surface area contributed by atoms with Gasteiger partial charge in [0.25, 0.3) is 11.8 Å². The van der Waals surface area contributed by atoms with Crippen LogP contribution in [0.25, 0.3) is 6.08 Å². The number of carbonyl (C=O) groups is 2. The van der Waals surface area contributed by atoms with Crippen LogP contribution in [0.15, 0.2) is 54.0 Å². The molecular formula is C25H26N2O5S2. The van der Waals surface area contributed by atoms with Gasteiger partial charge in [-0.2, -0.15) is 5.01 Å². The van der Waals surface area contributed by atoms with Gasteiger partial charge in [0.2, 0.25) is 0 Å². The first kappa shape index (κ1) is 25.3. The molecule has 1 fully saturated rings. The Morgan fingerprint density at radius 3 is 2.50 bits per heavy atom. The van der Waals surface area contributed by atoms with Gasteiger partial charge in [-0.3, -0.25) is 15.0 Å². The summed E-state index contributed by atoms with van der Waals surface area (Å²) in [6.45, 7) is 8.59. The van der Waals surface area contributed by atoms with E-state index in [1.54, 1.807) is 43.5 Å². The zero-order valence-electron chi connectivity index (χ0n) is 19.3. The van der Waals surface area contributed by atoms with Gasteiger partial charge in [-0.1, -0.05) is 17.8 Å². The molecule has 0 unspecified atom stereocenters. The predicted octanol–water partition coefficient (Wildman–Crippen LogP) is 4.77. The molecule has 2 aromatic rings. The fourth-order valence-electron chi connectivity index (χ4n) is 3.27. The van der Waals surface area contributed by atoms with E-state index in [0.717, 1.165) is 27.9 Å². The van der Waals surface area contributed by atoms with Gasteiger partial charge in [-0.25, -0.2) is 0 Å². The number of nitrogens with one attached hydrogen (secondary N) is 1. The third-order valence-electron chi connectivity index (χ3n) is 4.76. The van der Waals surface area contributed by atoms with E-state index in [9.17, 15) is 9.59 Å². The Kier molecular flexibility index (Phi) is 8.72. The molecule has 2 aromatic carbocycles. The molecule has 0 saturated carbocycles. The minimum Gasteiger partial charge on any atom is -0.497 e. The van der Waals surface area contributed by atoms with Crippen LogP contribution in [0.1, 0.15) is 35.3 Å². The predicted molar refractivity (Wildman–Crippen MR) is 138 cm³/mol. The van der Waals surface area contributed by atoms with Crippen molar-refractivity contribution < 1.29 is 23.8 Å². The number of hydrazine groups is 1. The summed E-state index contributed by atoms with van der Waals surface area (Å²) in [5.41, 5.74) is 4.61. The van der Waals surface area contributed by atoms with Gasteiger partial charge in [0.1, 0.15) is 5.75 Å². The van der Waals surface area contributed by atoms with Gasteiger partial charge in [0.15, 0.2) is 15.8 Å². The van der Waals surface area contributed by atoms with Gasteiger partial charge < -0.3 is 14.2 Å². The highest BCUT2D eigenvalue weighted by Gasteiger charge is 2.34. The molecule has 0 radical (unpaired) electrons. The molecular weight excluding hydrogens is 472 g/mol. The van der Waals surface area contributed by atoms with Crippen LogP contribution in [-0.4, -0.2) is 41.5 Å². The maximum absolute atomic E-state index is 13.0. The van der Waals surface area contributed by atoms with Crippen molar-refractivity contribution in [3.8, 4) is 17.2 Å². The summed E-state index contributed by atoms with van der Waals surface area (Å²) < 4.78 is 16.9. The molecule has 0 aliphatic carbocycles. The number of ether oxygens (including phenoxy) is 3. The molecule has 3 rings (SSSR count). The van der Waals surface area contributed by atoms with Gasteiger partial charge in [0.05, 0.1) is 25.2 Å². The fraction of sp³-hybridized carbons (Fsp3) is 0.240. The number of thioether (sulfide) groups is 1. The molecule has 1 aliphatic rings. The molecule has 1 heterocycles. The number of allylic oxidation sites excluding steroid dienone is 1. The van der Waals surface area contributed by atoms with Crippen LogP contribution in [0.5, 0.6) is 17.2 Å². The maximum Gasteiger partial charge on any atom is 0.285 e. The van der Waals surface area contributed by atoms with Crippen molar-refractivity contribution in [2.75, 3.05) is 20.3 Å². The van der Waals surface area contributed by atoms with Crippen molar-refractivity contribution in [1.82, 2.24) is 10.4 Å². The van der Waals surface area contributed by atoms with Crippen LogP contribution in [0.4, 0.5) is 0 Å². The van der Waals surface area contributed by atoms with E-state index < -0.39 is 11.8 Å². The smallest absolute Gasteiger partial charge is 0.285 e. The summed E-state index contributed by atoms with van der Waals surface area (Å²) >= 11 is 6.46. The maximum atomic E-state index is 13.0. The minimum atomic E-state index is -0.451. The number of hydrogen-bond acceptors (Lipinski definition) is 7. The van der Waals surface area contributed by atoms with Gasteiger partial charge in [0, 0.05) is 11.1 Å². The van der Waals surface area contributed by atoms with Crippen molar-refractivity contribution in [2.45, 2.75) is 20.3 Å². The average Bonchev–Trinajstić information content (AvgIpc) is 3.08. The van der Waals surface area contributed by atoms with Crippen LogP contribution >= 0.6 is 24.0 Å². The summed E-state index contributed by atoms with van der Waals surface area (Å²) in [4.78, 5) is 26.0. The monoisotopic (exact) mass is 498 g/mol. The highest BCUT2D eigenvalue weighted by Crippen LogP contribution is 2.37. The Balaban J connectivity index is 1.86. The Bertz CT molecular complexity index is 1130. The Labute approximate surface area is 208 Å². The minimum absolute atomic E-state index is 0.236. The third-order valence-corrected chi connectivity index (χ3v) is 6.07. The second kappa shape index (κ2) is 11.7. The topological polar surface area (TPSA) is 77.1 Å². The van der Waals surface area contributed by atoms with E-state index in [2.05, 4.69) is 12.0 Å². The van der Waals surface area contributed by atoms with Gasteiger partial charge in [-0.15, -0.1) is 6.58 Å². The number of hydrogen-bond donors (Lipinski definition) is 1. The van der Waals surface area contributed by atoms with Gasteiger partial charge >= 0.3 is 0 Å². The van der Waals surface area contributed by atoms with Crippen LogP contribution in [-0.2, 0) is 11.2 Å². The Morgan fingerprint density at radius 2 is 1.88 bits per heavy atom. The van der Waals surface area contributed by atoms with E-state index in [0.29, 0.717) is 47.4 Å². The molecule has 1 saturated heterocycles. The molecule has 7 nitrogen and oxygen atoms in total. The van der Waals surface area contributed by atoms with Crippen LogP contribution in [0.2, 0.25) is 0 Å². The molecule has 0 bridgehead atoms. The van der Waals surface area contributed by atoms with E-state index in [1.165, 1.54) is 0 Å². The molecule has 0 spiro atoms. The molecule has 0 aromatic heterocycles. The lowest BCUT2D eigenvalue weighted by molar-refractivity contribution is -0.123. The normalized spacial score (nSPS) is 14.3. The standard InChI is InChI=1S/C25H26N2O5S2/c1-5-8-18-13-16(14-20(31-6-2)22(18)32-7-3)15-21-24(29)27(25(33)34-21)26-23(28)17-9-11-19(30-4)12-10-17/h5,9-15H,1,6-8H2,2-4H3,(H,26,28)/b21-15+. The van der Waals surface area contributed by atoms with E-state index >= 15 is 0 Å². The fourth-order valence-corrected chi connectivity index (χ4v) is 4.45. The zero-order chi connectivity index (χ0) is 24.7. The molecule has 9 heteroatoms. The van der Waals surface area contributed by atoms with Crippen LogP contribution < -0.4 is 19.6 Å². The Hall–Kier alpha value is -3.30. The van der Waals surface area contributed by atoms with Crippen molar-refractivity contribution in [3.63, 3.8) is 0 Å². The lowest BCUT2D eigenvalue weighted by Gasteiger charge is -2.16. The largest absolute Gasteiger partial charge is 0.497 e. The van der Waals surface area contributed by atoms with Crippen LogP contribution in [0, 0.1) is 0 Å². The number of carbonyl (C=O) groups excluding carboxylic acids is 2. The van der Waals surface area contributed by atoms with E-state index in [-0.39, 0.29) is 4.32 Å². The molecule has 1 aliphatic heterocycles. The highest BCUT2D eigenvalue weighted by atomic mass is 32.2. The first-order valence-corrected chi connectivity index (χ1v) is 11.9. The average molecular weight is 499 g/mol. The second-order valence-electron chi connectivity index (χ2n) is 7.05. The number of nitrogens with zero attached hydrogens (tertiary/aromatic N) is 1. The van der Waals surface area contributed by atoms with Crippen molar-refractivity contribution >= 4 is 46.2 Å². The van der Waals surface area contributed by atoms with Crippen molar-refractivity contribution in [1.29, 1.82) is 0 Å². The van der Waals surface area contributed by atoms with E-state index in [1.807, 2.05) is 26.0 Å². The molecule has 178 valence electrons. The van der Waals surface area contributed by atoms with Crippen LogP contribution in [0.3, 0.4) is 0 Å². The van der Waals surface area contributed by atoms with E-state index in [4.69, 9.17) is 26.4 Å². The number of benzene rings is 2. The summed E-state index contributed by atoms with van der Waals surface area (Å²) in [7, 11) is 1.55. The number of amides is 2. The number of methoxy groups -OCH3 is 1. The molecule has 34 heavy (non-hydrogen) atoms. The quantitative estimate of drug-likeness (QED) is 0.287. The zero-order valence-corrected chi connectivity index (χ0v) is 20.9. The second-order valence-corrected chi connectivity index (χ2v) is 8.73. The summed E-state index contributed by atoms with van der Waals surface area (Å²) in [5, 5.41) is 1.08. The SMILES string of the molecule is C=CCc1cc(/C=C2/SC(=S)N(NC(=O)c3ccc(OC)cc3)C2=O)cc(OCC)c1OCC. The first-order valence-electron chi connectivity index (χ1n) is 10.7. The summed E-state index contributed by atoms with van der Waals surface area (Å²) in [6.07, 6.45) is 4.09. The summed E-state index contributed by atoms with van der Waals surface area (Å²) in [6, 6.07) is 10.3. The van der Waals surface area contributed by atoms with Crippen molar-refractivity contribution in [3.05, 3.63) is 70.6 Å². The summed E-state index contributed by atoms with van der Waals surface area (Å²) in [5.74, 6) is 1.03. The van der Waals surface area contributed by atoms with Gasteiger partial charge in [-0.05, 0) is 80.5 Å². The lowest BCUT2D eigenvalue weighted by Crippen LogP contribution is -2.44. The van der Waals surface area contributed by atoms with Crippen molar-refractivity contribution in [2.24, 2.45) is 0 Å². The highest BCUT2D eigenvalue weighted by molar-refractivity contribution is 8.26. The third kappa shape index (κ3) is 5.78. The molecule has 2 amide bonds. The molecule has 0 atom stereocenters. The lowest BCUT2D eigenvalue weighted by atomic mass is 10.0. The molecule has 1 N–H and O–H groups in total. The number of thiocarbonyl (C=S) groups is 1. The number of rotatable bonds is 10. The Morgan fingerprint density at radius 1 is 1.18 bits per heavy atom. The first-order chi connectivity index (χ1) is 16.4.